The van der Waals surface area contributed by atoms with Gasteiger partial charge in [-0.05, 0) is 24.7 Å². The van der Waals surface area contributed by atoms with Crippen molar-refractivity contribution in [1.29, 1.82) is 0 Å². The van der Waals surface area contributed by atoms with Crippen LogP contribution >= 0.6 is 11.3 Å². The second-order valence-electron chi connectivity index (χ2n) is 3.76. The molecule has 2 fully saturated rings. The molecule has 2 saturated carbocycles. The van der Waals surface area contributed by atoms with Crippen molar-refractivity contribution in [1.82, 2.24) is 10.2 Å². The normalized spacial score (nSPS) is 38.2. The van der Waals surface area contributed by atoms with Gasteiger partial charge < -0.3 is 5.73 Å². The van der Waals surface area contributed by atoms with E-state index < -0.39 is 0 Å². The summed E-state index contributed by atoms with van der Waals surface area (Å²) in [7, 11) is 0. The topological polar surface area (TPSA) is 51.8 Å². The first-order chi connectivity index (χ1) is 5.86. The Labute approximate surface area is 75.0 Å². The minimum absolute atomic E-state index is 0.620. The van der Waals surface area contributed by atoms with Gasteiger partial charge in [-0.1, -0.05) is 17.8 Å². The van der Waals surface area contributed by atoms with Crippen LogP contribution in [0.2, 0.25) is 0 Å². The van der Waals surface area contributed by atoms with Crippen molar-refractivity contribution < 1.29 is 0 Å². The van der Waals surface area contributed by atoms with E-state index in [0.717, 1.165) is 17.8 Å². The summed E-state index contributed by atoms with van der Waals surface area (Å²) in [4.78, 5) is 0. The molecule has 2 aliphatic carbocycles. The van der Waals surface area contributed by atoms with E-state index in [1.165, 1.54) is 24.3 Å². The molecule has 3 nitrogen and oxygen atoms in total. The molecule has 2 unspecified atom stereocenters. The molecule has 0 spiro atoms. The van der Waals surface area contributed by atoms with Crippen LogP contribution in [0.3, 0.4) is 0 Å². The summed E-state index contributed by atoms with van der Waals surface area (Å²) < 4.78 is 0. The van der Waals surface area contributed by atoms with E-state index in [4.69, 9.17) is 5.73 Å². The predicted molar refractivity (Wildman–Crippen MR) is 47.9 cm³/mol. The Bertz CT molecular complexity index is 299. The Morgan fingerprint density at radius 1 is 1.25 bits per heavy atom. The summed E-state index contributed by atoms with van der Waals surface area (Å²) in [6.45, 7) is 0. The zero-order chi connectivity index (χ0) is 8.13. The van der Waals surface area contributed by atoms with Crippen LogP contribution in [0.1, 0.15) is 30.2 Å². The molecule has 0 aromatic carbocycles. The van der Waals surface area contributed by atoms with Crippen LogP contribution in [0.25, 0.3) is 0 Å². The summed E-state index contributed by atoms with van der Waals surface area (Å²) in [5, 5.41) is 9.76. The lowest BCUT2D eigenvalue weighted by Gasteiger charge is -1.95. The summed E-state index contributed by atoms with van der Waals surface area (Å²) in [6, 6.07) is 0. The molecule has 0 bridgehead atoms. The van der Waals surface area contributed by atoms with Crippen LogP contribution in [0.4, 0.5) is 5.13 Å². The molecule has 0 aliphatic heterocycles. The zero-order valence-corrected chi connectivity index (χ0v) is 7.55. The number of nitrogen functional groups attached to an aromatic ring is 1. The monoisotopic (exact) mass is 181 g/mol. The van der Waals surface area contributed by atoms with E-state index >= 15 is 0 Å². The first-order valence-corrected chi connectivity index (χ1v) is 5.27. The van der Waals surface area contributed by atoms with Gasteiger partial charge in [-0.15, -0.1) is 10.2 Å². The molecule has 1 heterocycles. The van der Waals surface area contributed by atoms with Gasteiger partial charge in [0.2, 0.25) is 5.13 Å². The van der Waals surface area contributed by atoms with Crippen LogP contribution in [0, 0.1) is 11.8 Å². The zero-order valence-electron chi connectivity index (χ0n) is 6.73. The summed E-state index contributed by atoms with van der Waals surface area (Å²) in [6.07, 6.45) is 4.21. The number of fused-ring (bicyclic) bond motifs is 1. The lowest BCUT2D eigenvalue weighted by Crippen LogP contribution is -1.86. The molecule has 12 heavy (non-hydrogen) atoms. The number of nitrogens with two attached hydrogens (primary N) is 1. The van der Waals surface area contributed by atoms with Gasteiger partial charge in [0.25, 0.3) is 0 Å². The molecule has 1 aromatic heterocycles. The molecule has 0 amide bonds. The molecule has 1 aromatic rings. The van der Waals surface area contributed by atoms with Gasteiger partial charge in [0.15, 0.2) is 0 Å². The Kier molecular flexibility index (Phi) is 1.25. The van der Waals surface area contributed by atoms with Crippen molar-refractivity contribution in [3.05, 3.63) is 5.01 Å². The van der Waals surface area contributed by atoms with Crippen LogP contribution in [0.15, 0.2) is 0 Å². The third-order valence-electron chi connectivity index (χ3n) is 3.15. The summed E-state index contributed by atoms with van der Waals surface area (Å²) >= 11 is 1.57. The molecular formula is C8H11N3S. The van der Waals surface area contributed by atoms with Crippen LogP contribution in [-0.4, -0.2) is 10.2 Å². The van der Waals surface area contributed by atoms with E-state index in [2.05, 4.69) is 10.2 Å². The number of anilines is 1. The molecule has 64 valence electrons. The fourth-order valence-electron chi connectivity index (χ4n) is 2.57. The number of aromatic nitrogens is 2. The molecular weight excluding hydrogens is 170 g/mol. The minimum atomic E-state index is 0.620. The van der Waals surface area contributed by atoms with Crippen molar-refractivity contribution in [2.75, 3.05) is 5.73 Å². The second-order valence-corrected chi connectivity index (χ2v) is 4.80. The van der Waals surface area contributed by atoms with E-state index in [0.29, 0.717) is 5.13 Å². The van der Waals surface area contributed by atoms with Crippen LogP contribution in [0.5, 0.6) is 0 Å². The quantitative estimate of drug-likeness (QED) is 0.716. The third-order valence-corrected chi connectivity index (χ3v) is 4.00. The van der Waals surface area contributed by atoms with E-state index in [-0.39, 0.29) is 0 Å². The highest BCUT2D eigenvalue weighted by Gasteiger charge is 2.54. The largest absolute Gasteiger partial charge is 0.374 e. The van der Waals surface area contributed by atoms with Gasteiger partial charge in [0, 0.05) is 5.92 Å². The highest BCUT2D eigenvalue weighted by atomic mass is 32.1. The average Bonchev–Trinajstić information content (AvgIpc) is 2.55. The number of nitrogens with zero attached hydrogens (tertiary/aromatic N) is 2. The minimum Gasteiger partial charge on any atom is -0.374 e. The molecule has 4 heteroatoms. The van der Waals surface area contributed by atoms with Crippen LogP contribution in [-0.2, 0) is 0 Å². The Morgan fingerprint density at radius 2 is 2.00 bits per heavy atom. The maximum atomic E-state index is 5.54. The average molecular weight is 181 g/mol. The Balaban J connectivity index is 1.84. The lowest BCUT2D eigenvalue weighted by molar-refractivity contribution is 0.675. The highest BCUT2D eigenvalue weighted by molar-refractivity contribution is 7.15. The summed E-state index contributed by atoms with van der Waals surface area (Å²) in [5.41, 5.74) is 5.54. The lowest BCUT2D eigenvalue weighted by atomic mass is 10.2. The standard InChI is InChI=1S/C8H11N3S/c9-8-11-10-7(12-8)6-4-2-1-3-5(4)6/h4-6H,1-3H2,(H2,9,11). The molecule has 2 aliphatic rings. The van der Waals surface area contributed by atoms with Crippen LogP contribution < -0.4 is 5.73 Å². The van der Waals surface area contributed by atoms with Gasteiger partial charge >= 0.3 is 0 Å². The number of hydrogen-bond donors (Lipinski definition) is 1. The number of hydrogen-bond acceptors (Lipinski definition) is 4. The second kappa shape index (κ2) is 2.19. The highest BCUT2D eigenvalue weighted by Crippen LogP contribution is 2.63. The maximum absolute atomic E-state index is 5.54. The van der Waals surface area contributed by atoms with E-state index in [1.807, 2.05) is 0 Å². The smallest absolute Gasteiger partial charge is 0.203 e. The third kappa shape index (κ3) is 0.813. The first kappa shape index (κ1) is 6.83. The van der Waals surface area contributed by atoms with Gasteiger partial charge in [-0.25, -0.2) is 0 Å². The van der Waals surface area contributed by atoms with Gasteiger partial charge in [0.1, 0.15) is 5.01 Å². The fraction of sp³-hybridized carbons (Fsp3) is 0.750. The van der Waals surface area contributed by atoms with Crippen molar-refractivity contribution in [3.8, 4) is 0 Å². The van der Waals surface area contributed by atoms with Crippen molar-refractivity contribution in [3.63, 3.8) is 0 Å². The molecule has 0 radical (unpaired) electrons. The van der Waals surface area contributed by atoms with Gasteiger partial charge in [0.05, 0.1) is 0 Å². The maximum Gasteiger partial charge on any atom is 0.203 e. The SMILES string of the molecule is Nc1nnc(C2C3CCCC32)s1. The molecule has 3 rings (SSSR count). The van der Waals surface area contributed by atoms with Crippen molar-refractivity contribution >= 4 is 16.5 Å². The Morgan fingerprint density at radius 3 is 2.58 bits per heavy atom. The molecule has 2 atom stereocenters. The first-order valence-electron chi connectivity index (χ1n) is 4.45. The summed E-state index contributed by atoms with van der Waals surface area (Å²) in [5.74, 6) is 2.59. The molecule has 0 saturated heterocycles. The van der Waals surface area contributed by atoms with Gasteiger partial charge in [-0.2, -0.15) is 0 Å². The van der Waals surface area contributed by atoms with Gasteiger partial charge in [-0.3, -0.25) is 0 Å². The van der Waals surface area contributed by atoms with Crippen molar-refractivity contribution in [2.24, 2.45) is 11.8 Å². The Hall–Kier alpha value is -0.640. The molecule has 2 N–H and O–H groups in total. The number of rotatable bonds is 1. The fourth-order valence-corrected chi connectivity index (χ4v) is 3.43. The van der Waals surface area contributed by atoms with E-state index in [9.17, 15) is 0 Å². The van der Waals surface area contributed by atoms with Crippen molar-refractivity contribution in [2.45, 2.75) is 25.2 Å². The van der Waals surface area contributed by atoms with E-state index in [1.54, 1.807) is 11.3 Å². The predicted octanol–water partition coefficient (Wildman–Crippen LogP) is 1.63.